The number of amides is 2. The minimum atomic E-state index is -0.00893. The molecular weight excluding hydrogens is 304 g/mol. The molecule has 0 aromatic heterocycles. The highest BCUT2D eigenvalue weighted by atomic mass is 16.5. The van der Waals surface area contributed by atoms with E-state index in [1.54, 1.807) is 0 Å². The second kappa shape index (κ2) is 7.88. The maximum atomic E-state index is 12.2. The van der Waals surface area contributed by atoms with Crippen molar-refractivity contribution in [1.29, 1.82) is 0 Å². The first-order valence-corrected chi connectivity index (χ1v) is 8.98. The maximum Gasteiger partial charge on any atom is 0.317 e. The van der Waals surface area contributed by atoms with Gasteiger partial charge in [-0.25, -0.2) is 4.79 Å². The van der Waals surface area contributed by atoms with Crippen LogP contribution in [0.3, 0.4) is 0 Å². The van der Waals surface area contributed by atoms with Gasteiger partial charge in [-0.05, 0) is 50.7 Å². The van der Waals surface area contributed by atoms with Crippen molar-refractivity contribution in [2.24, 2.45) is 0 Å². The van der Waals surface area contributed by atoms with E-state index < -0.39 is 0 Å². The summed E-state index contributed by atoms with van der Waals surface area (Å²) in [4.78, 5) is 14.1. The predicted molar refractivity (Wildman–Crippen MR) is 93.3 cm³/mol. The topological polar surface area (TPSA) is 50.8 Å². The Morgan fingerprint density at radius 2 is 2.17 bits per heavy atom. The summed E-state index contributed by atoms with van der Waals surface area (Å²) in [6.07, 6.45) is 5.82. The zero-order valence-corrected chi connectivity index (χ0v) is 14.7. The largest absolute Gasteiger partial charge is 0.491 e. The normalized spacial score (nSPS) is 20.5. The van der Waals surface area contributed by atoms with Crippen molar-refractivity contribution in [2.75, 3.05) is 20.3 Å². The number of hydrogen-bond donors (Lipinski definition) is 1. The third-order valence-electron chi connectivity index (χ3n) is 5.04. The first-order chi connectivity index (χ1) is 11.6. The fourth-order valence-electron chi connectivity index (χ4n) is 3.14. The number of carbonyl (C=O) groups is 1. The van der Waals surface area contributed by atoms with Crippen LogP contribution in [0, 0.1) is 6.92 Å². The molecular formula is C19H28N2O3. The van der Waals surface area contributed by atoms with Gasteiger partial charge in [-0.1, -0.05) is 12.1 Å². The third-order valence-corrected chi connectivity index (χ3v) is 5.04. The van der Waals surface area contributed by atoms with Crippen LogP contribution >= 0.6 is 0 Å². The van der Waals surface area contributed by atoms with Crippen LogP contribution in [0.1, 0.15) is 43.2 Å². The van der Waals surface area contributed by atoms with Crippen LogP contribution < -0.4 is 10.1 Å². The molecule has 2 aliphatic rings. The summed E-state index contributed by atoms with van der Waals surface area (Å²) in [7, 11) is 1.88. The number of carbonyl (C=O) groups excluding carboxylic acids is 1. The van der Waals surface area contributed by atoms with Crippen LogP contribution in [-0.2, 0) is 11.3 Å². The van der Waals surface area contributed by atoms with Gasteiger partial charge in [-0.3, -0.25) is 0 Å². The number of rotatable bonds is 6. The molecule has 0 bridgehead atoms. The molecule has 1 heterocycles. The second-order valence-corrected chi connectivity index (χ2v) is 6.91. The Kier molecular flexibility index (Phi) is 5.61. The van der Waals surface area contributed by atoms with Crippen molar-refractivity contribution >= 4 is 6.03 Å². The lowest BCUT2D eigenvalue weighted by Crippen LogP contribution is -2.46. The number of hydrogen-bond acceptors (Lipinski definition) is 3. The minimum absolute atomic E-state index is 0.00893. The molecule has 1 N–H and O–H groups in total. The maximum absolute atomic E-state index is 12.2. The van der Waals surface area contributed by atoms with E-state index in [0.717, 1.165) is 49.2 Å². The molecule has 1 aromatic carbocycles. The Bertz CT molecular complexity index is 566. The van der Waals surface area contributed by atoms with Crippen molar-refractivity contribution in [3.63, 3.8) is 0 Å². The highest BCUT2D eigenvalue weighted by Gasteiger charge is 2.25. The standard InChI is InChI=1S/C19H28N2O3/c1-14-8-9-15(12-20-19(22)21(2)16-5-3-6-16)18(11-14)24-13-17-7-4-10-23-17/h8-9,11,16-17H,3-7,10,12-13H2,1-2H3,(H,20,22)/t17-/m0/s1. The molecule has 2 amide bonds. The molecule has 1 aromatic rings. The zero-order valence-electron chi connectivity index (χ0n) is 14.7. The number of urea groups is 1. The molecule has 0 spiro atoms. The zero-order chi connectivity index (χ0) is 16.9. The first kappa shape index (κ1) is 17.1. The van der Waals surface area contributed by atoms with E-state index in [1.165, 1.54) is 6.42 Å². The van der Waals surface area contributed by atoms with Crippen LogP contribution in [-0.4, -0.2) is 43.3 Å². The Morgan fingerprint density at radius 1 is 1.33 bits per heavy atom. The van der Waals surface area contributed by atoms with E-state index in [-0.39, 0.29) is 12.1 Å². The summed E-state index contributed by atoms with van der Waals surface area (Å²) < 4.78 is 11.6. The summed E-state index contributed by atoms with van der Waals surface area (Å²) in [5, 5.41) is 3.01. The van der Waals surface area contributed by atoms with Gasteiger partial charge in [0.25, 0.3) is 0 Å². The average Bonchev–Trinajstić information content (AvgIpc) is 3.03. The predicted octanol–water partition coefficient (Wildman–Crippen LogP) is 3.25. The molecule has 132 valence electrons. The minimum Gasteiger partial charge on any atom is -0.491 e. The molecule has 1 aliphatic heterocycles. The van der Waals surface area contributed by atoms with Crippen molar-refractivity contribution in [3.8, 4) is 5.75 Å². The van der Waals surface area contributed by atoms with E-state index in [4.69, 9.17) is 9.47 Å². The Morgan fingerprint density at radius 3 is 2.83 bits per heavy atom. The van der Waals surface area contributed by atoms with Gasteiger partial charge in [0, 0.05) is 31.8 Å². The number of nitrogens with one attached hydrogen (secondary N) is 1. The molecule has 0 unspecified atom stereocenters. The van der Waals surface area contributed by atoms with Crippen LogP contribution in [0.4, 0.5) is 4.79 Å². The van der Waals surface area contributed by atoms with Crippen LogP contribution in [0.2, 0.25) is 0 Å². The van der Waals surface area contributed by atoms with E-state index in [0.29, 0.717) is 19.2 Å². The van der Waals surface area contributed by atoms with Crippen molar-refractivity contribution < 1.29 is 14.3 Å². The van der Waals surface area contributed by atoms with E-state index >= 15 is 0 Å². The smallest absolute Gasteiger partial charge is 0.317 e. The van der Waals surface area contributed by atoms with E-state index in [1.807, 2.05) is 31.0 Å². The summed E-state index contributed by atoms with van der Waals surface area (Å²) in [6, 6.07) is 6.51. The van der Waals surface area contributed by atoms with Gasteiger partial charge in [0.05, 0.1) is 6.10 Å². The molecule has 5 nitrogen and oxygen atoms in total. The molecule has 1 aliphatic carbocycles. The molecule has 2 fully saturated rings. The summed E-state index contributed by atoms with van der Waals surface area (Å²) in [6.45, 7) is 3.94. The number of aryl methyl sites for hydroxylation is 1. The molecule has 1 atom stereocenters. The van der Waals surface area contributed by atoms with Crippen molar-refractivity contribution in [3.05, 3.63) is 29.3 Å². The van der Waals surface area contributed by atoms with E-state index in [2.05, 4.69) is 11.4 Å². The fourth-order valence-corrected chi connectivity index (χ4v) is 3.14. The lowest BCUT2D eigenvalue weighted by Gasteiger charge is -2.34. The van der Waals surface area contributed by atoms with Gasteiger partial charge in [-0.15, -0.1) is 0 Å². The third kappa shape index (κ3) is 4.20. The average molecular weight is 332 g/mol. The number of ether oxygens (including phenoxy) is 2. The molecule has 1 saturated carbocycles. The van der Waals surface area contributed by atoms with Gasteiger partial charge in [0.2, 0.25) is 0 Å². The van der Waals surface area contributed by atoms with Crippen LogP contribution in [0.5, 0.6) is 5.75 Å². The Balaban J connectivity index is 1.56. The monoisotopic (exact) mass is 332 g/mol. The molecule has 24 heavy (non-hydrogen) atoms. The quantitative estimate of drug-likeness (QED) is 0.870. The molecule has 1 saturated heterocycles. The van der Waals surface area contributed by atoms with Crippen molar-refractivity contribution in [1.82, 2.24) is 10.2 Å². The number of nitrogens with zero attached hydrogens (tertiary/aromatic N) is 1. The lowest BCUT2D eigenvalue weighted by atomic mass is 9.92. The van der Waals surface area contributed by atoms with E-state index in [9.17, 15) is 4.79 Å². The highest BCUT2D eigenvalue weighted by molar-refractivity contribution is 5.74. The highest BCUT2D eigenvalue weighted by Crippen LogP contribution is 2.24. The fraction of sp³-hybridized carbons (Fsp3) is 0.632. The van der Waals surface area contributed by atoms with Gasteiger partial charge in [-0.2, -0.15) is 0 Å². The summed E-state index contributed by atoms with van der Waals surface area (Å²) >= 11 is 0. The molecule has 0 radical (unpaired) electrons. The molecule has 3 rings (SSSR count). The molecule has 5 heteroatoms. The number of benzene rings is 1. The van der Waals surface area contributed by atoms with Gasteiger partial charge < -0.3 is 19.7 Å². The van der Waals surface area contributed by atoms with Gasteiger partial charge in [0.1, 0.15) is 12.4 Å². The van der Waals surface area contributed by atoms with Crippen molar-refractivity contribution in [2.45, 2.75) is 57.7 Å². The first-order valence-electron chi connectivity index (χ1n) is 8.98. The summed E-state index contributed by atoms with van der Waals surface area (Å²) in [5.41, 5.74) is 2.16. The summed E-state index contributed by atoms with van der Waals surface area (Å²) in [5.74, 6) is 0.845. The Labute approximate surface area is 144 Å². The van der Waals surface area contributed by atoms with Gasteiger partial charge in [0.15, 0.2) is 0 Å². The second-order valence-electron chi connectivity index (χ2n) is 6.91. The SMILES string of the molecule is Cc1ccc(CNC(=O)N(C)C2CCC2)c(OC[C@@H]2CCCO2)c1. The van der Waals surface area contributed by atoms with Gasteiger partial charge >= 0.3 is 6.03 Å². The Hall–Kier alpha value is -1.75. The van der Waals surface area contributed by atoms with Crippen LogP contribution in [0.15, 0.2) is 18.2 Å². The van der Waals surface area contributed by atoms with Crippen LogP contribution in [0.25, 0.3) is 0 Å². The lowest BCUT2D eigenvalue weighted by molar-refractivity contribution is 0.0675.